The summed E-state index contributed by atoms with van der Waals surface area (Å²) in [6, 6.07) is 8.48. The molecule has 0 spiro atoms. The fourth-order valence-electron chi connectivity index (χ4n) is 2.04. The number of benzene rings is 1. The van der Waals surface area contributed by atoms with E-state index in [4.69, 9.17) is 11.5 Å². The molecule has 1 aromatic carbocycles. The molecule has 0 radical (unpaired) electrons. The summed E-state index contributed by atoms with van der Waals surface area (Å²) in [5.74, 6) is 0. The average molecular weight is 240 g/mol. The molecule has 5 heteroatoms. The second kappa shape index (κ2) is 3.84. The Labute approximate surface area is 95.6 Å². The van der Waals surface area contributed by atoms with Crippen molar-refractivity contribution < 1.29 is 8.42 Å². The van der Waals surface area contributed by atoms with Crippen molar-refractivity contribution in [3.63, 3.8) is 0 Å². The Hall–Kier alpha value is -0.910. The van der Waals surface area contributed by atoms with Crippen molar-refractivity contribution in [1.29, 1.82) is 0 Å². The average Bonchev–Trinajstić information content (AvgIpc) is 3.06. The van der Waals surface area contributed by atoms with E-state index in [1.807, 2.05) is 0 Å². The molecule has 2 rings (SSSR count). The maximum atomic E-state index is 12.2. The van der Waals surface area contributed by atoms with Crippen LogP contribution >= 0.6 is 0 Å². The van der Waals surface area contributed by atoms with Gasteiger partial charge in [0.1, 0.15) is 0 Å². The van der Waals surface area contributed by atoms with Crippen molar-refractivity contribution in [3.8, 4) is 0 Å². The molecule has 1 fully saturated rings. The predicted molar refractivity (Wildman–Crippen MR) is 62.6 cm³/mol. The fourth-order valence-corrected chi connectivity index (χ4v) is 4.30. The SMILES string of the molecule is NCC1(CN)C[C@@H]1S(=O)(=O)c1ccccc1. The van der Waals surface area contributed by atoms with E-state index in [0.717, 1.165) is 0 Å². The van der Waals surface area contributed by atoms with Crippen LogP contribution in [0.3, 0.4) is 0 Å². The zero-order valence-electron chi connectivity index (χ0n) is 8.96. The van der Waals surface area contributed by atoms with Crippen LogP contribution in [-0.4, -0.2) is 26.8 Å². The van der Waals surface area contributed by atoms with Crippen LogP contribution in [-0.2, 0) is 9.84 Å². The minimum absolute atomic E-state index is 0.334. The van der Waals surface area contributed by atoms with Gasteiger partial charge >= 0.3 is 0 Å². The van der Waals surface area contributed by atoms with Gasteiger partial charge in [0.15, 0.2) is 9.84 Å². The fraction of sp³-hybridized carbons (Fsp3) is 0.455. The summed E-state index contributed by atoms with van der Waals surface area (Å²) in [4.78, 5) is 0.365. The number of hydrogen-bond acceptors (Lipinski definition) is 4. The molecule has 0 heterocycles. The third-order valence-corrected chi connectivity index (χ3v) is 5.72. The van der Waals surface area contributed by atoms with Crippen LogP contribution in [0, 0.1) is 5.41 Å². The number of hydrogen-bond donors (Lipinski definition) is 2. The van der Waals surface area contributed by atoms with Crippen molar-refractivity contribution in [3.05, 3.63) is 30.3 Å². The van der Waals surface area contributed by atoms with Crippen molar-refractivity contribution >= 4 is 9.84 Å². The zero-order chi connectivity index (χ0) is 11.8. The van der Waals surface area contributed by atoms with Crippen molar-refractivity contribution in [1.82, 2.24) is 0 Å². The highest BCUT2D eigenvalue weighted by molar-refractivity contribution is 7.92. The van der Waals surface area contributed by atoms with Gasteiger partial charge in [-0.1, -0.05) is 18.2 Å². The molecule has 88 valence electrons. The van der Waals surface area contributed by atoms with Crippen LogP contribution in [0.5, 0.6) is 0 Å². The Morgan fingerprint density at radius 2 is 1.75 bits per heavy atom. The highest BCUT2D eigenvalue weighted by Crippen LogP contribution is 2.50. The molecule has 0 amide bonds. The lowest BCUT2D eigenvalue weighted by atomic mass is 10.1. The number of sulfone groups is 1. The Balaban J connectivity index is 2.30. The molecule has 1 aliphatic rings. The standard InChI is InChI=1S/C11H16N2O2S/c12-7-11(8-13)6-10(11)16(14,15)9-4-2-1-3-5-9/h1-5,10H,6-8,12-13H2/t10-/m0/s1. The second-order valence-electron chi connectivity index (χ2n) is 4.32. The lowest BCUT2D eigenvalue weighted by Gasteiger charge is -2.12. The van der Waals surface area contributed by atoms with E-state index in [0.29, 0.717) is 24.4 Å². The van der Waals surface area contributed by atoms with Gasteiger partial charge in [0, 0.05) is 18.5 Å². The summed E-state index contributed by atoms with van der Waals surface area (Å²) < 4.78 is 24.4. The largest absolute Gasteiger partial charge is 0.330 e. The summed E-state index contributed by atoms with van der Waals surface area (Å²) in [5, 5.41) is -0.405. The summed E-state index contributed by atoms with van der Waals surface area (Å²) in [6.07, 6.45) is 0.581. The molecule has 0 aliphatic heterocycles. The second-order valence-corrected chi connectivity index (χ2v) is 6.45. The van der Waals surface area contributed by atoms with Crippen molar-refractivity contribution in [2.24, 2.45) is 16.9 Å². The molecule has 1 aliphatic carbocycles. The van der Waals surface area contributed by atoms with Crippen LogP contribution in [0.25, 0.3) is 0 Å². The van der Waals surface area contributed by atoms with E-state index in [9.17, 15) is 8.42 Å². The van der Waals surface area contributed by atoms with Gasteiger partial charge in [0.2, 0.25) is 0 Å². The maximum absolute atomic E-state index is 12.2. The van der Waals surface area contributed by atoms with Crippen LogP contribution in [0.2, 0.25) is 0 Å². The first kappa shape index (κ1) is 11.6. The van der Waals surface area contributed by atoms with Crippen molar-refractivity contribution in [2.45, 2.75) is 16.6 Å². The summed E-state index contributed by atoms with van der Waals surface area (Å²) in [7, 11) is -3.26. The van der Waals surface area contributed by atoms with Crippen LogP contribution in [0.15, 0.2) is 35.2 Å². The van der Waals surface area contributed by atoms with Gasteiger partial charge in [-0.15, -0.1) is 0 Å². The van der Waals surface area contributed by atoms with Gasteiger partial charge in [-0.05, 0) is 18.6 Å². The topological polar surface area (TPSA) is 86.2 Å². The predicted octanol–water partition coefficient (Wildman–Crippen LogP) is 0.136. The quantitative estimate of drug-likeness (QED) is 0.783. The lowest BCUT2D eigenvalue weighted by molar-refractivity contribution is 0.525. The van der Waals surface area contributed by atoms with Gasteiger partial charge in [-0.25, -0.2) is 8.42 Å². The molecule has 16 heavy (non-hydrogen) atoms. The smallest absolute Gasteiger partial charge is 0.181 e. The molecule has 0 aromatic heterocycles. The van der Waals surface area contributed by atoms with Gasteiger partial charge in [0.25, 0.3) is 0 Å². The van der Waals surface area contributed by atoms with E-state index >= 15 is 0 Å². The lowest BCUT2D eigenvalue weighted by Crippen LogP contribution is -2.31. The third kappa shape index (κ3) is 1.65. The Morgan fingerprint density at radius 1 is 1.19 bits per heavy atom. The molecular formula is C11H16N2O2S. The first-order valence-corrected chi connectivity index (χ1v) is 6.80. The van der Waals surface area contributed by atoms with Gasteiger partial charge in [-0.3, -0.25) is 0 Å². The molecule has 0 bridgehead atoms. The number of nitrogens with two attached hydrogens (primary N) is 2. The van der Waals surface area contributed by atoms with E-state index in [1.165, 1.54) is 0 Å². The van der Waals surface area contributed by atoms with Crippen molar-refractivity contribution in [2.75, 3.05) is 13.1 Å². The first-order chi connectivity index (χ1) is 7.57. The summed E-state index contributed by atoms with van der Waals surface area (Å²) in [6.45, 7) is 0.667. The molecule has 4 nitrogen and oxygen atoms in total. The minimum Gasteiger partial charge on any atom is -0.330 e. The molecule has 1 atom stereocenters. The number of rotatable bonds is 4. The van der Waals surface area contributed by atoms with Gasteiger partial charge < -0.3 is 11.5 Å². The van der Waals surface area contributed by atoms with E-state index < -0.39 is 20.5 Å². The molecule has 1 saturated carbocycles. The van der Waals surface area contributed by atoms with E-state index in [2.05, 4.69) is 0 Å². The summed E-state index contributed by atoms with van der Waals surface area (Å²) >= 11 is 0. The van der Waals surface area contributed by atoms with Gasteiger partial charge in [0.05, 0.1) is 10.1 Å². The monoisotopic (exact) mass is 240 g/mol. The molecular weight excluding hydrogens is 224 g/mol. The van der Waals surface area contributed by atoms with E-state index in [1.54, 1.807) is 30.3 Å². The maximum Gasteiger partial charge on any atom is 0.181 e. The Kier molecular flexibility index (Phi) is 2.77. The van der Waals surface area contributed by atoms with Crippen LogP contribution < -0.4 is 11.5 Å². The molecule has 4 N–H and O–H groups in total. The third-order valence-electron chi connectivity index (χ3n) is 3.37. The highest BCUT2D eigenvalue weighted by Gasteiger charge is 2.59. The Morgan fingerprint density at radius 3 is 2.19 bits per heavy atom. The molecule has 0 saturated heterocycles. The molecule has 1 aromatic rings. The minimum atomic E-state index is -3.26. The Bertz CT molecular complexity index is 466. The first-order valence-electron chi connectivity index (χ1n) is 5.26. The van der Waals surface area contributed by atoms with Crippen LogP contribution in [0.4, 0.5) is 0 Å². The highest BCUT2D eigenvalue weighted by atomic mass is 32.2. The normalized spacial score (nSPS) is 23.0. The van der Waals surface area contributed by atoms with Crippen LogP contribution in [0.1, 0.15) is 6.42 Å². The van der Waals surface area contributed by atoms with Gasteiger partial charge in [-0.2, -0.15) is 0 Å². The zero-order valence-corrected chi connectivity index (χ0v) is 9.78. The molecule has 0 unspecified atom stereocenters. The van der Waals surface area contributed by atoms with E-state index in [-0.39, 0.29) is 0 Å². The summed E-state index contributed by atoms with van der Waals surface area (Å²) in [5.41, 5.74) is 10.8.